The molecule has 138 valence electrons. The lowest BCUT2D eigenvalue weighted by Gasteiger charge is -2.18. The number of nitrogens with one attached hydrogen (secondary N) is 1. The molecule has 4 rings (SSSR count). The normalized spacial score (nSPS) is 15.5. The summed E-state index contributed by atoms with van der Waals surface area (Å²) in [6.07, 6.45) is 3.83. The molecular formula is C19H16FN3O3S. The van der Waals surface area contributed by atoms with Crippen LogP contribution in [0.15, 0.2) is 53.7 Å². The first-order valence-corrected chi connectivity index (χ1v) is 9.85. The summed E-state index contributed by atoms with van der Waals surface area (Å²) in [5, 5.41) is 0.427. The molecule has 2 heterocycles. The SMILES string of the molecule is Cc1cnc(F)cc1C1(C(=O)NS(=O)(=O)c2cccc3ncccc23)CC1. The maximum absolute atomic E-state index is 13.6. The predicted molar refractivity (Wildman–Crippen MR) is 96.9 cm³/mol. The zero-order valence-electron chi connectivity index (χ0n) is 14.4. The number of benzene rings is 1. The van der Waals surface area contributed by atoms with E-state index in [4.69, 9.17) is 0 Å². The van der Waals surface area contributed by atoms with Crippen molar-refractivity contribution in [3.63, 3.8) is 0 Å². The number of carbonyl (C=O) groups is 1. The van der Waals surface area contributed by atoms with Gasteiger partial charge in [-0.25, -0.2) is 18.1 Å². The highest BCUT2D eigenvalue weighted by Gasteiger charge is 2.53. The van der Waals surface area contributed by atoms with Gasteiger partial charge in [0.05, 0.1) is 15.8 Å². The number of aryl methyl sites for hydroxylation is 1. The van der Waals surface area contributed by atoms with Gasteiger partial charge in [-0.1, -0.05) is 6.07 Å². The number of carbonyl (C=O) groups excluding carboxylic acids is 1. The van der Waals surface area contributed by atoms with Crippen LogP contribution in [0.3, 0.4) is 0 Å². The van der Waals surface area contributed by atoms with Crippen LogP contribution in [0, 0.1) is 12.9 Å². The van der Waals surface area contributed by atoms with Crippen molar-refractivity contribution in [2.24, 2.45) is 0 Å². The second-order valence-electron chi connectivity index (χ2n) is 6.66. The Labute approximate surface area is 155 Å². The second kappa shape index (κ2) is 6.09. The summed E-state index contributed by atoms with van der Waals surface area (Å²) in [5.41, 5.74) is 0.600. The highest BCUT2D eigenvalue weighted by Crippen LogP contribution is 2.49. The number of fused-ring (bicyclic) bond motifs is 1. The Morgan fingerprint density at radius 1 is 1.19 bits per heavy atom. The van der Waals surface area contributed by atoms with Crippen LogP contribution in [-0.4, -0.2) is 24.3 Å². The molecular weight excluding hydrogens is 369 g/mol. The Morgan fingerprint density at radius 2 is 1.96 bits per heavy atom. The molecule has 1 aromatic carbocycles. The Balaban J connectivity index is 1.71. The van der Waals surface area contributed by atoms with Gasteiger partial charge in [0, 0.05) is 17.8 Å². The molecule has 8 heteroatoms. The van der Waals surface area contributed by atoms with E-state index in [2.05, 4.69) is 14.7 Å². The lowest BCUT2D eigenvalue weighted by atomic mass is 9.93. The summed E-state index contributed by atoms with van der Waals surface area (Å²) in [7, 11) is -4.11. The molecule has 0 unspecified atom stereocenters. The van der Waals surface area contributed by atoms with Crippen LogP contribution < -0.4 is 4.72 Å². The van der Waals surface area contributed by atoms with Gasteiger partial charge in [-0.2, -0.15) is 4.39 Å². The third kappa shape index (κ3) is 2.95. The minimum absolute atomic E-state index is 0.0186. The Bertz CT molecular complexity index is 1170. The lowest BCUT2D eigenvalue weighted by Crippen LogP contribution is -2.39. The fraction of sp³-hybridized carbons (Fsp3) is 0.211. The van der Waals surface area contributed by atoms with Crippen molar-refractivity contribution in [3.8, 4) is 0 Å². The van der Waals surface area contributed by atoms with Gasteiger partial charge in [-0.3, -0.25) is 9.78 Å². The van der Waals surface area contributed by atoms with Gasteiger partial charge in [0.2, 0.25) is 11.9 Å². The minimum Gasteiger partial charge on any atom is -0.273 e. The van der Waals surface area contributed by atoms with Crippen molar-refractivity contribution in [3.05, 3.63) is 65.9 Å². The van der Waals surface area contributed by atoms with Crippen molar-refractivity contribution in [1.29, 1.82) is 0 Å². The summed E-state index contributed by atoms with van der Waals surface area (Å²) in [5.74, 6) is -1.35. The summed E-state index contributed by atoms with van der Waals surface area (Å²) >= 11 is 0. The molecule has 0 radical (unpaired) electrons. The van der Waals surface area contributed by atoms with Crippen LogP contribution >= 0.6 is 0 Å². The van der Waals surface area contributed by atoms with Gasteiger partial charge in [0.15, 0.2) is 0 Å². The maximum atomic E-state index is 13.6. The number of amides is 1. The molecule has 1 fully saturated rings. The van der Waals surface area contributed by atoms with E-state index in [9.17, 15) is 17.6 Å². The Kier molecular flexibility index (Phi) is 3.96. The fourth-order valence-corrected chi connectivity index (χ4v) is 4.61. The van der Waals surface area contributed by atoms with Gasteiger partial charge in [0.25, 0.3) is 10.0 Å². The highest BCUT2D eigenvalue weighted by atomic mass is 32.2. The van der Waals surface area contributed by atoms with E-state index in [1.807, 2.05) is 0 Å². The van der Waals surface area contributed by atoms with Crippen molar-refractivity contribution in [1.82, 2.24) is 14.7 Å². The zero-order valence-corrected chi connectivity index (χ0v) is 15.3. The van der Waals surface area contributed by atoms with Crippen LogP contribution in [0.5, 0.6) is 0 Å². The summed E-state index contributed by atoms with van der Waals surface area (Å²) < 4.78 is 41.5. The molecule has 1 amide bonds. The molecule has 1 saturated carbocycles. The molecule has 1 aliphatic carbocycles. The third-order valence-corrected chi connectivity index (χ3v) is 6.28. The third-order valence-electron chi connectivity index (χ3n) is 4.89. The lowest BCUT2D eigenvalue weighted by molar-refractivity contribution is -0.121. The number of hydrogen-bond donors (Lipinski definition) is 1. The van der Waals surface area contributed by atoms with Crippen molar-refractivity contribution in [2.75, 3.05) is 0 Å². The van der Waals surface area contributed by atoms with E-state index in [1.54, 1.807) is 37.4 Å². The summed E-state index contributed by atoms with van der Waals surface area (Å²) in [6, 6.07) is 9.17. The van der Waals surface area contributed by atoms with Crippen LogP contribution in [0.2, 0.25) is 0 Å². The smallest absolute Gasteiger partial charge is 0.264 e. The highest BCUT2D eigenvalue weighted by molar-refractivity contribution is 7.90. The van der Waals surface area contributed by atoms with Crippen LogP contribution in [0.4, 0.5) is 4.39 Å². The molecule has 1 N–H and O–H groups in total. The number of aromatic nitrogens is 2. The van der Waals surface area contributed by atoms with E-state index in [1.165, 1.54) is 18.3 Å². The van der Waals surface area contributed by atoms with Crippen molar-refractivity contribution >= 4 is 26.8 Å². The number of hydrogen-bond acceptors (Lipinski definition) is 5. The molecule has 1 aliphatic rings. The molecule has 6 nitrogen and oxygen atoms in total. The van der Waals surface area contributed by atoms with Crippen LogP contribution in [0.25, 0.3) is 10.9 Å². The zero-order chi connectivity index (χ0) is 19.2. The molecule has 0 aliphatic heterocycles. The minimum atomic E-state index is -4.11. The summed E-state index contributed by atoms with van der Waals surface area (Å²) in [4.78, 5) is 20.6. The average molecular weight is 385 g/mol. The number of sulfonamides is 1. The standard InChI is InChI=1S/C19H16FN3O3S/c1-12-11-22-17(20)10-14(12)19(7-8-19)18(24)23-27(25,26)16-6-2-5-15-13(16)4-3-9-21-15/h2-6,9-11H,7-8H2,1H3,(H,23,24). The molecule has 27 heavy (non-hydrogen) atoms. The molecule has 0 spiro atoms. The first kappa shape index (κ1) is 17.5. The first-order valence-electron chi connectivity index (χ1n) is 8.37. The van der Waals surface area contributed by atoms with Crippen molar-refractivity contribution < 1.29 is 17.6 Å². The van der Waals surface area contributed by atoms with Gasteiger partial charge in [0.1, 0.15) is 0 Å². The number of pyridine rings is 2. The van der Waals surface area contributed by atoms with Gasteiger partial charge in [-0.15, -0.1) is 0 Å². The Morgan fingerprint density at radius 3 is 2.70 bits per heavy atom. The van der Waals surface area contributed by atoms with E-state index in [0.717, 1.165) is 0 Å². The monoisotopic (exact) mass is 385 g/mol. The Hall–Kier alpha value is -2.87. The fourth-order valence-electron chi connectivity index (χ4n) is 3.34. The molecule has 0 bridgehead atoms. The number of halogens is 1. The number of nitrogens with zero attached hydrogens (tertiary/aromatic N) is 2. The largest absolute Gasteiger partial charge is 0.273 e. The van der Waals surface area contributed by atoms with E-state index < -0.39 is 27.3 Å². The van der Waals surface area contributed by atoms with E-state index in [0.29, 0.717) is 34.9 Å². The summed E-state index contributed by atoms with van der Waals surface area (Å²) in [6.45, 7) is 1.72. The number of rotatable bonds is 4. The van der Waals surface area contributed by atoms with E-state index in [-0.39, 0.29) is 4.90 Å². The van der Waals surface area contributed by atoms with Crippen LogP contribution in [-0.2, 0) is 20.2 Å². The predicted octanol–water partition coefficient (Wildman–Crippen LogP) is 2.61. The van der Waals surface area contributed by atoms with Gasteiger partial charge in [-0.05, 0) is 61.2 Å². The first-order chi connectivity index (χ1) is 12.8. The maximum Gasteiger partial charge on any atom is 0.264 e. The molecule has 0 saturated heterocycles. The van der Waals surface area contributed by atoms with E-state index >= 15 is 0 Å². The average Bonchev–Trinajstić information content (AvgIpc) is 3.45. The van der Waals surface area contributed by atoms with Gasteiger partial charge < -0.3 is 0 Å². The van der Waals surface area contributed by atoms with Crippen molar-refractivity contribution in [2.45, 2.75) is 30.1 Å². The molecule has 3 aromatic rings. The quantitative estimate of drug-likeness (QED) is 0.698. The van der Waals surface area contributed by atoms with Gasteiger partial charge >= 0.3 is 0 Å². The second-order valence-corrected chi connectivity index (χ2v) is 8.32. The molecule has 2 aromatic heterocycles. The van der Waals surface area contributed by atoms with Crippen LogP contribution in [0.1, 0.15) is 24.0 Å². The topological polar surface area (TPSA) is 89.0 Å². The molecule has 0 atom stereocenters.